The maximum atomic E-state index is 12.0. The molecule has 5 heteroatoms. The number of thiazole rings is 1. The third-order valence-corrected chi connectivity index (χ3v) is 5.68. The van der Waals surface area contributed by atoms with Gasteiger partial charge in [-0.05, 0) is 58.0 Å². The monoisotopic (exact) mass is 307 g/mol. The van der Waals surface area contributed by atoms with Gasteiger partial charge in [-0.1, -0.05) is 0 Å². The molecule has 0 bridgehead atoms. The van der Waals surface area contributed by atoms with Gasteiger partial charge in [-0.15, -0.1) is 11.3 Å². The summed E-state index contributed by atoms with van der Waals surface area (Å²) in [6, 6.07) is 0. The van der Waals surface area contributed by atoms with E-state index in [4.69, 9.17) is 4.98 Å². The number of piperidine rings is 1. The van der Waals surface area contributed by atoms with E-state index in [2.05, 4.69) is 10.6 Å². The number of fused-ring (bicyclic) bond motifs is 1. The van der Waals surface area contributed by atoms with Crippen molar-refractivity contribution < 1.29 is 4.79 Å². The van der Waals surface area contributed by atoms with Crippen molar-refractivity contribution >= 4 is 17.2 Å². The summed E-state index contributed by atoms with van der Waals surface area (Å²) in [6.07, 6.45) is 8.96. The number of nitrogens with zero attached hydrogens (tertiary/aromatic N) is 1. The molecule has 1 saturated heterocycles. The van der Waals surface area contributed by atoms with Crippen molar-refractivity contribution in [3.63, 3.8) is 0 Å². The molecule has 2 heterocycles. The molecule has 1 fully saturated rings. The highest BCUT2D eigenvalue weighted by molar-refractivity contribution is 7.11. The fourth-order valence-corrected chi connectivity index (χ4v) is 4.39. The van der Waals surface area contributed by atoms with Crippen LogP contribution in [0.2, 0.25) is 0 Å². The smallest absolute Gasteiger partial charge is 0.223 e. The van der Waals surface area contributed by atoms with Crippen LogP contribution in [0.15, 0.2) is 0 Å². The van der Waals surface area contributed by atoms with Crippen molar-refractivity contribution in [2.24, 2.45) is 5.92 Å². The lowest BCUT2D eigenvalue weighted by molar-refractivity contribution is -0.125. The zero-order valence-corrected chi connectivity index (χ0v) is 13.4. The minimum Gasteiger partial charge on any atom is -0.356 e. The van der Waals surface area contributed by atoms with Gasteiger partial charge in [0.25, 0.3) is 0 Å². The van der Waals surface area contributed by atoms with Crippen LogP contribution >= 0.6 is 11.3 Å². The molecule has 1 aliphatic heterocycles. The van der Waals surface area contributed by atoms with E-state index < -0.39 is 0 Å². The molecule has 0 aromatic carbocycles. The van der Waals surface area contributed by atoms with Crippen LogP contribution in [0.25, 0.3) is 0 Å². The van der Waals surface area contributed by atoms with Gasteiger partial charge in [0.15, 0.2) is 0 Å². The van der Waals surface area contributed by atoms with E-state index in [1.54, 1.807) is 0 Å². The van der Waals surface area contributed by atoms with Gasteiger partial charge in [-0.25, -0.2) is 4.98 Å². The van der Waals surface area contributed by atoms with Crippen molar-refractivity contribution in [1.29, 1.82) is 0 Å². The molecule has 0 radical (unpaired) electrons. The van der Waals surface area contributed by atoms with E-state index in [0.717, 1.165) is 51.7 Å². The fourth-order valence-electron chi connectivity index (χ4n) is 3.19. The molecule has 0 unspecified atom stereocenters. The number of hydrogen-bond acceptors (Lipinski definition) is 4. The topological polar surface area (TPSA) is 54.0 Å². The van der Waals surface area contributed by atoms with Gasteiger partial charge in [0.1, 0.15) is 0 Å². The average Bonchev–Trinajstić information content (AvgIpc) is 2.95. The van der Waals surface area contributed by atoms with Crippen LogP contribution in [-0.2, 0) is 24.1 Å². The maximum absolute atomic E-state index is 12.0. The number of carbonyl (C=O) groups is 1. The first-order valence-electron chi connectivity index (χ1n) is 8.29. The van der Waals surface area contributed by atoms with Gasteiger partial charge in [0.2, 0.25) is 5.91 Å². The van der Waals surface area contributed by atoms with E-state index in [9.17, 15) is 4.79 Å². The Bertz CT molecular complexity index is 456. The van der Waals surface area contributed by atoms with Crippen molar-refractivity contribution in [2.75, 3.05) is 19.6 Å². The minimum atomic E-state index is 0.221. The predicted octanol–water partition coefficient (Wildman–Crippen LogP) is 2.07. The molecule has 1 amide bonds. The molecule has 2 N–H and O–H groups in total. The summed E-state index contributed by atoms with van der Waals surface area (Å²) >= 11 is 1.89. The molecular weight excluding hydrogens is 282 g/mol. The number of aryl methyl sites for hydroxylation is 3. The van der Waals surface area contributed by atoms with Gasteiger partial charge in [0.05, 0.1) is 10.7 Å². The van der Waals surface area contributed by atoms with Crippen LogP contribution in [0.3, 0.4) is 0 Å². The van der Waals surface area contributed by atoms with Crippen LogP contribution in [0.4, 0.5) is 0 Å². The largest absolute Gasteiger partial charge is 0.356 e. The zero-order valence-electron chi connectivity index (χ0n) is 12.6. The second-order valence-corrected chi connectivity index (χ2v) is 7.27. The van der Waals surface area contributed by atoms with Gasteiger partial charge in [-0.3, -0.25) is 4.79 Å². The lowest BCUT2D eigenvalue weighted by atomic mass is 9.97. The Morgan fingerprint density at radius 3 is 2.90 bits per heavy atom. The molecule has 21 heavy (non-hydrogen) atoms. The van der Waals surface area contributed by atoms with Crippen molar-refractivity contribution in [3.8, 4) is 0 Å². The molecule has 0 saturated carbocycles. The number of rotatable bonds is 5. The summed E-state index contributed by atoms with van der Waals surface area (Å²) in [4.78, 5) is 18.3. The van der Waals surface area contributed by atoms with E-state index in [1.807, 2.05) is 11.3 Å². The van der Waals surface area contributed by atoms with Crippen LogP contribution in [-0.4, -0.2) is 30.5 Å². The Labute approximate surface area is 130 Å². The Morgan fingerprint density at radius 1 is 1.29 bits per heavy atom. The first-order valence-corrected chi connectivity index (χ1v) is 9.10. The number of amides is 1. The molecule has 0 atom stereocenters. The highest BCUT2D eigenvalue weighted by Crippen LogP contribution is 2.27. The van der Waals surface area contributed by atoms with Gasteiger partial charge in [0, 0.05) is 23.8 Å². The minimum absolute atomic E-state index is 0.221. The van der Waals surface area contributed by atoms with E-state index in [1.165, 1.54) is 34.8 Å². The van der Waals surface area contributed by atoms with Crippen LogP contribution in [0.5, 0.6) is 0 Å². The average molecular weight is 307 g/mol. The number of aromatic nitrogens is 1. The van der Waals surface area contributed by atoms with Gasteiger partial charge >= 0.3 is 0 Å². The summed E-state index contributed by atoms with van der Waals surface area (Å²) < 4.78 is 0. The third kappa shape index (κ3) is 4.04. The first kappa shape index (κ1) is 15.0. The SMILES string of the molecule is O=C(NCCCc1nc2c(s1)CCCC2)C1CCNCC1. The number of hydrogen-bond donors (Lipinski definition) is 2. The Hall–Kier alpha value is -0.940. The Kier molecular flexibility index (Phi) is 5.25. The molecule has 1 aromatic heterocycles. The summed E-state index contributed by atoms with van der Waals surface area (Å²) in [5.41, 5.74) is 1.35. The molecule has 3 rings (SSSR count). The van der Waals surface area contributed by atoms with Crippen molar-refractivity contribution in [1.82, 2.24) is 15.6 Å². The Balaban J connectivity index is 1.38. The molecule has 116 valence electrons. The number of nitrogens with one attached hydrogen (secondary N) is 2. The normalized spacial score (nSPS) is 19.2. The standard InChI is InChI=1S/C16H25N3OS/c20-16(12-7-10-17-11-8-12)18-9-3-6-15-19-13-4-1-2-5-14(13)21-15/h12,17H,1-11H2,(H,18,20). The second-order valence-electron chi connectivity index (χ2n) is 6.10. The summed E-state index contributed by atoms with van der Waals surface area (Å²) in [5.74, 6) is 0.466. The summed E-state index contributed by atoms with van der Waals surface area (Å²) in [5, 5.41) is 7.65. The van der Waals surface area contributed by atoms with Crippen LogP contribution in [0.1, 0.15) is 47.7 Å². The number of carbonyl (C=O) groups excluding carboxylic acids is 1. The molecule has 1 aliphatic carbocycles. The summed E-state index contributed by atoms with van der Waals surface area (Å²) in [7, 11) is 0. The first-order chi connectivity index (χ1) is 10.3. The highest BCUT2D eigenvalue weighted by Gasteiger charge is 2.20. The lowest BCUT2D eigenvalue weighted by Gasteiger charge is -2.21. The molecule has 2 aliphatic rings. The third-order valence-electron chi connectivity index (χ3n) is 4.47. The maximum Gasteiger partial charge on any atom is 0.223 e. The predicted molar refractivity (Wildman–Crippen MR) is 85.7 cm³/mol. The van der Waals surface area contributed by atoms with E-state index in [0.29, 0.717) is 0 Å². The van der Waals surface area contributed by atoms with E-state index >= 15 is 0 Å². The second kappa shape index (κ2) is 7.36. The molecule has 4 nitrogen and oxygen atoms in total. The quantitative estimate of drug-likeness (QED) is 0.819. The Morgan fingerprint density at radius 2 is 2.10 bits per heavy atom. The van der Waals surface area contributed by atoms with Crippen molar-refractivity contribution in [3.05, 3.63) is 15.6 Å². The van der Waals surface area contributed by atoms with E-state index in [-0.39, 0.29) is 11.8 Å². The zero-order chi connectivity index (χ0) is 14.5. The van der Waals surface area contributed by atoms with Gasteiger partial charge in [-0.2, -0.15) is 0 Å². The van der Waals surface area contributed by atoms with Crippen molar-refractivity contribution in [2.45, 2.75) is 51.4 Å². The van der Waals surface area contributed by atoms with Crippen LogP contribution < -0.4 is 10.6 Å². The molecule has 1 aromatic rings. The van der Waals surface area contributed by atoms with Gasteiger partial charge < -0.3 is 10.6 Å². The lowest BCUT2D eigenvalue weighted by Crippen LogP contribution is -2.38. The van der Waals surface area contributed by atoms with Crippen LogP contribution in [0, 0.1) is 5.92 Å². The highest BCUT2D eigenvalue weighted by atomic mass is 32.1. The fraction of sp³-hybridized carbons (Fsp3) is 0.750. The summed E-state index contributed by atoms with van der Waals surface area (Å²) in [6.45, 7) is 2.73. The molecule has 0 spiro atoms. The molecular formula is C16H25N3OS.